The van der Waals surface area contributed by atoms with Gasteiger partial charge < -0.3 is 10.2 Å². The number of hydrogen-bond donors (Lipinski definition) is 2. The molecule has 0 saturated heterocycles. The average molecular weight is 534 g/mol. The Hall–Kier alpha value is -4.39. The zero-order chi connectivity index (χ0) is 26.6. The monoisotopic (exact) mass is 533 g/mol. The summed E-state index contributed by atoms with van der Waals surface area (Å²) in [5.74, 6) is 0.873. The van der Waals surface area contributed by atoms with Crippen molar-refractivity contribution >= 4 is 38.8 Å². The SMILES string of the molecule is Cc1cc(Nc2nc(N(C)c3ccc(S(C)(=O)=O)cc3F)nc(-c3cnn4cccnc34)c2C2CC2)n[nH]1. The molecule has 0 amide bonds. The van der Waals surface area contributed by atoms with Gasteiger partial charge >= 0.3 is 0 Å². The second kappa shape index (κ2) is 8.87. The Bertz CT molecular complexity index is 1790. The van der Waals surface area contributed by atoms with E-state index < -0.39 is 15.7 Å². The van der Waals surface area contributed by atoms with Gasteiger partial charge in [0, 0.05) is 43.0 Å². The first-order valence-corrected chi connectivity index (χ1v) is 13.8. The molecule has 0 bridgehead atoms. The van der Waals surface area contributed by atoms with Gasteiger partial charge in [0.1, 0.15) is 11.6 Å². The molecule has 11 nitrogen and oxygen atoms in total. The number of aromatic nitrogens is 7. The zero-order valence-corrected chi connectivity index (χ0v) is 21.7. The molecule has 1 saturated carbocycles. The normalized spacial score (nSPS) is 13.7. The van der Waals surface area contributed by atoms with Crippen molar-refractivity contribution in [3.05, 3.63) is 66.0 Å². The van der Waals surface area contributed by atoms with Crippen molar-refractivity contribution in [2.24, 2.45) is 0 Å². The van der Waals surface area contributed by atoms with E-state index in [9.17, 15) is 8.42 Å². The standard InChI is InChI=1S/C25H24FN9O2S/c1-14-11-20(33-32-14)29-23-21(15-5-6-15)22(17-13-28-35-10-4-9-27-24(17)35)30-25(31-23)34(2)19-8-7-16(12-18(19)26)38(3,36)37/h4,7-13,15H,5-6H2,1-3H3,(H2,29,30,31,32,33). The number of sulfone groups is 1. The van der Waals surface area contributed by atoms with Crippen LogP contribution in [0, 0.1) is 12.7 Å². The number of anilines is 4. The van der Waals surface area contributed by atoms with Crippen LogP contribution in [0.1, 0.15) is 30.0 Å². The van der Waals surface area contributed by atoms with Gasteiger partial charge in [-0.2, -0.15) is 15.2 Å². The number of rotatable bonds is 7. The number of nitrogens with zero attached hydrogens (tertiary/aromatic N) is 7. The minimum Gasteiger partial charge on any atom is -0.323 e. The molecule has 13 heteroatoms. The quantitative estimate of drug-likeness (QED) is 0.316. The van der Waals surface area contributed by atoms with Gasteiger partial charge in [-0.1, -0.05) is 0 Å². The summed E-state index contributed by atoms with van der Waals surface area (Å²) in [6.07, 6.45) is 8.21. The molecule has 0 unspecified atom stereocenters. The third-order valence-corrected chi connectivity index (χ3v) is 7.53. The van der Waals surface area contributed by atoms with Crippen molar-refractivity contribution in [2.45, 2.75) is 30.6 Å². The lowest BCUT2D eigenvalue weighted by atomic mass is 10.0. The number of aryl methyl sites for hydroxylation is 1. The van der Waals surface area contributed by atoms with Crippen molar-refractivity contribution in [3.63, 3.8) is 0 Å². The number of benzene rings is 1. The fourth-order valence-corrected chi connectivity index (χ4v) is 5.00. The summed E-state index contributed by atoms with van der Waals surface area (Å²) in [5.41, 5.74) is 3.91. The fourth-order valence-electron chi connectivity index (χ4n) is 4.36. The first kappa shape index (κ1) is 24.0. The Morgan fingerprint density at radius 2 is 2.03 bits per heavy atom. The van der Waals surface area contributed by atoms with Crippen LogP contribution in [0.4, 0.5) is 27.7 Å². The predicted molar refractivity (Wildman–Crippen MR) is 140 cm³/mol. The molecule has 0 aliphatic heterocycles. The van der Waals surface area contributed by atoms with Gasteiger partial charge in [-0.3, -0.25) is 5.10 Å². The number of fused-ring (bicyclic) bond motifs is 1. The highest BCUT2D eigenvalue weighted by molar-refractivity contribution is 7.90. The van der Waals surface area contributed by atoms with Crippen molar-refractivity contribution < 1.29 is 12.8 Å². The summed E-state index contributed by atoms with van der Waals surface area (Å²) in [6, 6.07) is 7.43. The Morgan fingerprint density at radius 1 is 1.21 bits per heavy atom. The molecule has 4 aromatic heterocycles. The summed E-state index contributed by atoms with van der Waals surface area (Å²) in [5, 5.41) is 15.0. The van der Waals surface area contributed by atoms with E-state index >= 15 is 4.39 Å². The maximum absolute atomic E-state index is 15.2. The maximum Gasteiger partial charge on any atom is 0.232 e. The highest BCUT2D eigenvalue weighted by Crippen LogP contribution is 2.48. The van der Waals surface area contributed by atoms with Crippen molar-refractivity contribution in [2.75, 3.05) is 23.5 Å². The van der Waals surface area contributed by atoms with Crippen LogP contribution in [0.5, 0.6) is 0 Å². The van der Waals surface area contributed by atoms with Gasteiger partial charge in [0.05, 0.1) is 28.0 Å². The van der Waals surface area contributed by atoms with Gasteiger partial charge in [-0.15, -0.1) is 0 Å². The molecule has 0 spiro atoms. The van der Waals surface area contributed by atoms with Crippen LogP contribution >= 0.6 is 0 Å². The molecule has 2 N–H and O–H groups in total. The number of H-pyrrole nitrogens is 1. The summed E-state index contributed by atoms with van der Waals surface area (Å²) >= 11 is 0. The van der Waals surface area contributed by atoms with Crippen LogP contribution in [0.15, 0.2) is 53.8 Å². The van der Waals surface area contributed by atoms with Crippen LogP contribution in [0.3, 0.4) is 0 Å². The van der Waals surface area contributed by atoms with Crippen molar-refractivity contribution in [3.8, 4) is 11.3 Å². The van der Waals surface area contributed by atoms with E-state index in [0.29, 0.717) is 23.0 Å². The smallest absolute Gasteiger partial charge is 0.232 e. The fraction of sp³-hybridized carbons (Fsp3) is 0.240. The van der Waals surface area contributed by atoms with Gasteiger partial charge in [0.25, 0.3) is 0 Å². The molecule has 194 valence electrons. The van der Waals surface area contributed by atoms with E-state index in [4.69, 9.17) is 9.97 Å². The zero-order valence-electron chi connectivity index (χ0n) is 20.8. The molecule has 1 aromatic carbocycles. The lowest BCUT2D eigenvalue weighted by molar-refractivity contribution is 0.596. The Labute approximate surface area is 217 Å². The molecule has 6 rings (SSSR count). The topological polar surface area (TPSA) is 134 Å². The second-order valence-corrected chi connectivity index (χ2v) is 11.4. The molecular formula is C25H24FN9O2S. The summed E-state index contributed by atoms with van der Waals surface area (Å²) in [6.45, 7) is 1.90. The third kappa shape index (κ3) is 4.34. The van der Waals surface area contributed by atoms with E-state index in [1.807, 2.05) is 13.0 Å². The van der Waals surface area contributed by atoms with Gasteiger partial charge in [-0.25, -0.2) is 27.3 Å². The van der Waals surface area contributed by atoms with E-state index in [-0.39, 0.29) is 22.4 Å². The van der Waals surface area contributed by atoms with Gasteiger partial charge in [0.15, 0.2) is 21.3 Å². The maximum atomic E-state index is 15.2. The first-order valence-electron chi connectivity index (χ1n) is 11.9. The van der Waals surface area contributed by atoms with Crippen LogP contribution in [-0.4, -0.2) is 56.5 Å². The Morgan fingerprint density at radius 3 is 2.71 bits per heavy atom. The Balaban J connectivity index is 1.54. The molecule has 4 heterocycles. The number of hydrogen-bond acceptors (Lipinski definition) is 9. The lowest BCUT2D eigenvalue weighted by Gasteiger charge is -2.22. The molecule has 38 heavy (non-hydrogen) atoms. The average Bonchev–Trinajstić information content (AvgIpc) is 3.50. The lowest BCUT2D eigenvalue weighted by Crippen LogP contribution is -2.17. The largest absolute Gasteiger partial charge is 0.323 e. The number of halogens is 1. The van der Waals surface area contributed by atoms with Gasteiger partial charge in [0.2, 0.25) is 5.95 Å². The molecule has 0 atom stereocenters. The van der Waals surface area contributed by atoms with Crippen LogP contribution in [-0.2, 0) is 9.84 Å². The summed E-state index contributed by atoms with van der Waals surface area (Å²) in [7, 11) is -1.93. The molecule has 1 aliphatic carbocycles. The first-order chi connectivity index (χ1) is 18.2. The van der Waals surface area contributed by atoms with Crippen LogP contribution in [0.2, 0.25) is 0 Å². The molecular weight excluding hydrogens is 509 g/mol. The minimum atomic E-state index is -3.56. The van der Waals surface area contributed by atoms with Gasteiger partial charge in [-0.05, 0) is 49.9 Å². The third-order valence-electron chi connectivity index (χ3n) is 6.41. The molecule has 5 aromatic rings. The minimum absolute atomic E-state index is 0.105. The summed E-state index contributed by atoms with van der Waals surface area (Å²) in [4.78, 5) is 15.6. The van der Waals surface area contributed by atoms with Crippen molar-refractivity contribution in [1.29, 1.82) is 0 Å². The predicted octanol–water partition coefficient (Wildman–Crippen LogP) is 4.15. The van der Waals surface area contributed by atoms with E-state index in [0.717, 1.165) is 42.0 Å². The Kier molecular flexibility index (Phi) is 5.60. The summed E-state index contributed by atoms with van der Waals surface area (Å²) < 4.78 is 40.6. The number of aromatic amines is 1. The van der Waals surface area contributed by atoms with E-state index in [2.05, 4.69) is 25.6 Å². The van der Waals surface area contributed by atoms with E-state index in [1.54, 1.807) is 36.2 Å². The van der Waals surface area contributed by atoms with E-state index in [1.165, 1.54) is 17.0 Å². The van der Waals surface area contributed by atoms with Crippen LogP contribution < -0.4 is 10.2 Å². The highest BCUT2D eigenvalue weighted by Gasteiger charge is 2.33. The number of nitrogens with one attached hydrogen (secondary N) is 2. The second-order valence-electron chi connectivity index (χ2n) is 9.36. The molecule has 1 fully saturated rings. The van der Waals surface area contributed by atoms with Crippen molar-refractivity contribution in [1.82, 2.24) is 34.8 Å². The highest BCUT2D eigenvalue weighted by atomic mass is 32.2. The molecule has 1 aliphatic rings. The van der Waals surface area contributed by atoms with Crippen LogP contribution in [0.25, 0.3) is 16.9 Å². The molecule has 0 radical (unpaired) electrons.